The molecule has 2 nitrogen and oxygen atoms in total. The van der Waals surface area contributed by atoms with E-state index < -0.39 is 0 Å². The van der Waals surface area contributed by atoms with Gasteiger partial charge < -0.3 is 9.46 Å². The molecule has 1 aliphatic rings. The van der Waals surface area contributed by atoms with E-state index in [9.17, 15) is 4.39 Å². The largest absolute Gasteiger partial charge is 0.488 e. The molecule has 0 saturated heterocycles. The lowest BCUT2D eigenvalue weighted by atomic mass is 9.86. The molecule has 28 heavy (non-hydrogen) atoms. The van der Waals surface area contributed by atoms with Crippen LogP contribution >= 0.6 is 11.9 Å². The molecule has 1 heterocycles. The molecule has 0 unspecified atom stereocenters. The maximum atomic E-state index is 13.9. The molecule has 4 rings (SSSR count). The average molecular weight is 392 g/mol. The number of rotatable bonds is 4. The van der Waals surface area contributed by atoms with E-state index in [1.807, 2.05) is 24.5 Å². The monoisotopic (exact) mass is 391 g/mol. The van der Waals surface area contributed by atoms with E-state index in [-0.39, 0.29) is 5.82 Å². The molecule has 0 aliphatic carbocycles. The molecule has 0 amide bonds. The summed E-state index contributed by atoms with van der Waals surface area (Å²) < 4.78 is 23.2. The number of hydrogen-bond acceptors (Lipinski definition) is 3. The zero-order valence-corrected chi connectivity index (χ0v) is 16.8. The number of anilines is 1. The van der Waals surface area contributed by atoms with Crippen LogP contribution in [0.3, 0.4) is 0 Å². The highest BCUT2D eigenvalue weighted by Gasteiger charge is 2.23. The van der Waals surface area contributed by atoms with E-state index in [4.69, 9.17) is 4.74 Å². The molecule has 0 radical (unpaired) electrons. The van der Waals surface area contributed by atoms with Crippen LogP contribution in [-0.4, -0.2) is 6.26 Å². The fourth-order valence-corrected chi connectivity index (χ4v) is 4.11. The van der Waals surface area contributed by atoms with Gasteiger partial charge >= 0.3 is 0 Å². The van der Waals surface area contributed by atoms with Crippen molar-refractivity contribution in [3.63, 3.8) is 0 Å². The summed E-state index contributed by atoms with van der Waals surface area (Å²) in [6, 6.07) is 21.5. The minimum atomic E-state index is -0.284. The van der Waals surface area contributed by atoms with E-state index in [0.29, 0.717) is 12.4 Å². The standard InChI is InChI=1S/C24H22FNOS/c1-3-20(16-8-6-9-19(13-16)26-28-2)24-21-10-5-4-7-17(21)15-27-23-14-18(25)11-12-22(23)24/h4-14,26H,3,15H2,1-2H3/b24-20-. The van der Waals surface area contributed by atoms with Crippen molar-refractivity contribution in [2.24, 2.45) is 0 Å². The van der Waals surface area contributed by atoms with Crippen molar-refractivity contribution in [3.05, 3.63) is 94.8 Å². The number of ether oxygens (including phenoxy) is 1. The van der Waals surface area contributed by atoms with Crippen molar-refractivity contribution >= 4 is 28.8 Å². The van der Waals surface area contributed by atoms with Crippen LogP contribution < -0.4 is 9.46 Å². The van der Waals surface area contributed by atoms with Crippen LogP contribution in [0.2, 0.25) is 0 Å². The third kappa shape index (κ3) is 3.52. The van der Waals surface area contributed by atoms with Crippen LogP contribution in [0.1, 0.15) is 35.6 Å². The Bertz CT molecular complexity index is 1040. The van der Waals surface area contributed by atoms with Gasteiger partial charge in [-0.3, -0.25) is 0 Å². The molecule has 1 aliphatic heterocycles. The molecule has 0 fully saturated rings. The van der Waals surface area contributed by atoms with Crippen molar-refractivity contribution in [2.75, 3.05) is 11.0 Å². The first-order valence-corrected chi connectivity index (χ1v) is 10.6. The normalized spacial score (nSPS) is 14.4. The van der Waals surface area contributed by atoms with Crippen LogP contribution in [0.5, 0.6) is 5.75 Å². The summed E-state index contributed by atoms with van der Waals surface area (Å²) in [6.45, 7) is 2.59. The van der Waals surface area contributed by atoms with Crippen LogP contribution in [0, 0.1) is 5.82 Å². The number of nitrogens with one attached hydrogen (secondary N) is 1. The molecule has 0 aromatic heterocycles. The lowest BCUT2D eigenvalue weighted by Gasteiger charge is -2.17. The van der Waals surface area contributed by atoms with E-state index >= 15 is 0 Å². The van der Waals surface area contributed by atoms with Gasteiger partial charge in [0.25, 0.3) is 0 Å². The Morgan fingerprint density at radius 3 is 2.71 bits per heavy atom. The topological polar surface area (TPSA) is 21.3 Å². The predicted octanol–water partition coefficient (Wildman–Crippen LogP) is 6.78. The number of halogens is 1. The van der Waals surface area contributed by atoms with Gasteiger partial charge in [0, 0.05) is 23.6 Å². The van der Waals surface area contributed by atoms with Gasteiger partial charge in [0.15, 0.2) is 0 Å². The van der Waals surface area contributed by atoms with Gasteiger partial charge in [0.05, 0.1) is 0 Å². The Labute approximate surface area is 169 Å². The number of fused-ring (bicyclic) bond motifs is 2. The average Bonchev–Trinajstić information content (AvgIpc) is 2.87. The SMILES string of the molecule is CC/C(=C1\c2ccccc2COc2cc(F)ccc21)c1cccc(NSC)c1. The fraction of sp³-hybridized carbons (Fsp3) is 0.167. The third-order valence-corrected chi connectivity index (χ3v) is 5.41. The Balaban J connectivity index is 2.01. The van der Waals surface area contributed by atoms with E-state index in [1.165, 1.54) is 17.7 Å². The summed E-state index contributed by atoms with van der Waals surface area (Å²) in [5.74, 6) is 0.309. The molecular weight excluding hydrogens is 369 g/mol. The lowest BCUT2D eigenvalue weighted by Crippen LogP contribution is -1.97. The number of hydrogen-bond donors (Lipinski definition) is 1. The van der Waals surface area contributed by atoms with Gasteiger partial charge in [-0.25, -0.2) is 4.39 Å². The Morgan fingerprint density at radius 2 is 1.89 bits per heavy atom. The zero-order valence-electron chi connectivity index (χ0n) is 16.0. The van der Waals surface area contributed by atoms with Crippen molar-refractivity contribution < 1.29 is 9.13 Å². The third-order valence-electron chi connectivity index (χ3n) is 4.97. The quantitative estimate of drug-likeness (QED) is 0.496. The van der Waals surface area contributed by atoms with E-state index in [1.54, 1.807) is 11.9 Å². The predicted molar refractivity (Wildman–Crippen MR) is 117 cm³/mol. The Kier molecular flexibility index (Phi) is 5.40. The molecule has 1 N–H and O–H groups in total. The fourth-order valence-electron chi connectivity index (χ4n) is 3.75. The molecule has 0 saturated carbocycles. The maximum absolute atomic E-state index is 13.9. The summed E-state index contributed by atoms with van der Waals surface area (Å²) in [5.41, 5.74) is 7.75. The smallest absolute Gasteiger partial charge is 0.130 e. The highest BCUT2D eigenvalue weighted by Crippen LogP contribution is 2.42. The van der Waals surface area contributed by atoms with Gasteiger partial charge in [-0.05, 0) is 58.5 Å². The molecule has 0 spiro atoms. The second-order valence-electron chi connectivity index (χ2n) is 6.68. The second kappa shape index (κ2) is 8.11. The van der Waals surface area contributed by atoms with Gasteiger partial charge in [-0.1, -0.05) is 55.3 Å². The highest BCUT2D eigenvalue weighted by molar-refractivity contribution is 7.99. The van der Waals surface area contributed by atoms with Crippen molar-refractivity contribution in [1.29, 1.82) is 0 Å². The van der Waals surface area contributed by atoms with Gasteiger partial charge in [-0.15, -0.1) is 0 Å². The summed E-state index contributed by atoms with van der Waals surface area (Å²) in [5, 5.41) is 0. The van der Waals surface area contributed by atoms with E-state index in [2.05, 4.69) is 48.0 Å². The molecule has 0 atom stereocenters. The van der Waals surface area contributed by atoms with Crippen molar-refractivity contribution in [1.82, 2.24) is 0 Å². The molecule has 142 valence electrons. The van der Waals surface area contributed by atoms with Crippen molar-refractivity contribution in [2.45, 2.75) is 20.0 Å². The van der Waals surface area contributed by atoms with Crippen molar-refractivity contribution in [3.8, 4) is 5.75 Å². The lowest BCUT2D eigenvalue weighted by molar-refractivity contribution is 0.305. The van der Waals surface area contributed by atoms with Gasteiger partial charge in [0.2, 0.25) is 0 Å². The molecule has 0 bridgehead atoms. The first-order valence-electron chi connectivity index (χ1n) is 9.35. The van der Waals surface area contributed by atoms with Gasteiger partial charge in [0.1, 0.15) is 18.2 Å². The maximum Gasteiger partial charge on any atom is 0.130 e. The van der Waals surface area contributed by atoms with Crippen LogP contribution in [0.4, 0.5) is 10.1 Å². The van der Waals surface area contributed by atoms with E-state index in [0.717, 1.165) is 39.9 Å². The molecule has 3 aromatic rings. The summed E-state index contributed by atoms with van der Waals surface area (Å²) in [7, 11) is 0. The molecule has 3 aromatic carbocycles. The first-order chi connectivity index (χ1) is 13.7. The minimum absolute atomic E-state index is 0.284. The zero-order chi connectivity index (χ0) is 19.5. The van der Waals surface area contributed by atoms with Crippen LogP contribution in [0.15, 0.2) is 66.7 Å². The van der Waals surface area contributed by atoms with Gasteiger partial charge in [-0.2, -0.15) is 0 Å². The van der Waals surface area contributed by atoms with Crippen LogP contribution in [-0.2, 0) is 6.61 Å². The minimum Gasteiger partial charge on any atom is -0.488 e. The first kappa shape index (κ1) is 18.6. The molecular formula is C24H22FNOS. The summed E-state index contributed by atoms with van der Waals surface area (Å²) in [4.78, 5) is 0. The molecule has 4 heteroatoms. The van der Waals surface area contributed by atoms with Crippen LogP contribution in [0.25, 0.3) is 11.1 Å². The Morgan fingerprint density at radius 1 is 1.04 bits per heavy atom. The summed E-state index contributed by atoms with van der Waals surface area (Å²) >= 11 is 1.57. The summed E-state index contributed by atoms with van der Waals surface area (Å²) in [6.07, 6.45) is 2.86. The second-order valence-corrected chi connectivity index (χ2v) is 7.29. The highest BCUT2D eigenvalue weighted by atomic mass is 32.2. The Hall–Kier alpha value is -2.72. The number of allylic oxidation sites excluding steroid dienone is 1. The number of benzene rings is 3.